The van der Waals surface area contributed by atoms with Crippen molar-refractivity contribution in [1.29, 1.82) is 0 Å². The summed E-state index contributed by atoms with van der Waals surface area (Å²) in [4.78, 5) is 0. The first-order valence-corrected chi connectivity index (χ1v) is 6.65. The van der Waals surface area contributed by atoms with Crippen LogP contribution in [-0.2, 0) is 6.54 Å². The summed E-state index contributed by atoms with van der Waals surface area (Å²) in [6.07, 6.45) is 0. The van der Waals surface area contributed by atoms with E-state index in [1.807, 2.05) is 30.3 Å². The van der Waals surface area contributed by atoms with Crippen LogP contribution in [0.15, 0.2) is 54.6 Å². The molecule has 0 bridgehead atoms. The lowest BCUT2D eigenvalue weighted by molar-refractivity contribution is -0.0711. The summed E-state index contributed by atoms with van der Waals surface area (Å²) in [5, 5.41) is 11.9. The molecular weight excluding hydrogens is 310 g/mol. The van der Waals surface area contributed by atoms with Crippen molar-refractivity contribution >= 4 is 18.1 Å². The second-order valence-electron chi connectivity index (χ2n) is 4.86. The van der Waals surface area contributed by atoms with Crippen LogP contribution in [0.5, 0.6) is 0 Å². The van der Waals surface area contributed by atoms with Gasteiger partial charge in [-0.15, -0.1) is 12.4 Å². The first kappa shape index (κ1) is 18.4. The Morgan fingerprint density at radius 3 is 2.18 bits per heavy atom. The standard InChI is InChI=1S/C16H18F2N2O.ClH/c17-16(18,11-21)15(19)13-6-8-14(9-7-13)20-10-12-4-2-1-3-5-12;/h1-9,15,20-21H,10-11,19H2;1H/t15-;/m0./s1. The monoisotopic (exact) mass is 328 g/mol. The van der Waals surface area contributed by atoms with E-state index in [0.29, 0.717) is 12.1 Å². The maximum atomic E-state index is 13.3. The van der Waals surface area contributed by atoms with Gasteiger partial charge >= 0.3 is 0 Å². The molecule has 2 aromatic rings. The van der Waals surface area contributed by atoms with E-state index < -0.39 is 18.6 Å². The first-order chi connectivity index (χ1) is 10.0. The molecule has 22 heavy (non-hydrogen) atoms. The second-order valence-corrected chi connectivity index (χ2v) is 4.86. The van der Waals surface area contributed by atoms with Crippen molar-refractivity contribution in [2.24, 2.45) is 5.73 Å². The Labute approximate surface area is 134 Å². The molecular formula is C16H19ClF2N2O. The minimum atomic E-state index is -3.32. The molecule has 0 spiro atoms. The summed E-state index contributed by atoms with van der Waals surface area (Å²) in [5.74, 6) is -3.32. The number of alkyl halides is 2. The van der Waals surface area contributed by atoms with Gasteiger partial charge in [0.25, 0.3) is 5.92 Å². The topological polar surface area (TPSA) is 58.3 Å². The molecule has 6 heteroatoms. The zero-order valence-electron chi connectivity index (χ0n) is 11.9. The molecule has 2 aromatic carbocycles. The van der Waals surface area contributed by atoms with Crippen molar-refractivity contribution in [1.82, 2.24) is 0 Å². The molecule has 0 amide bonds. The van der Waals surface area contributed by atoms with Crippen molar-refractivity contribution in [3.63, 3.8) is 0 Å². The normalized spacial score (nSPS) is 12.4. The number of halogens is 3. The molecule has 0 fully saturated rings. The number of hydrogen-bond donors (Lipinski definition) is 3. The molecule has 0 saturated heterocycles. The SMILES string of the molecule is Cl.N[C@@H](c1ccc(NCc2ccccc2)cc1)C(F)(F)CO. The van der Waals surface area contributed by atoms with E-state index in [4.69, 9.17) is 10.8 Å². The summed E-state index contributed by atoms with van der Waals surface area (Å²) in [6, 6.07) is 14.8. The first-order valence-electron chi connectivity index (χ1n) is 6.65. The van der Waals surface area contributed by atoms with Gasteiger partial charge in [-0.25, -0.2) is 8.78 Å². The number of nitrogens with one attached hydrogen (secondary N) is 1. The number of anilines is 1. The molecule has 120 valence electrons. The maximum Gasteiger partial charge on any atom is 0.289 e. The highest BCUT2D eigenvalue weighted by Crippen LogP contribution is 2.29. The van der Waals surface area contributed by atoms with Crippen molar-refractivity contribution in [2.45, 2.75) is 18.5 Å². The Bertz CT molecular complexity index is 564. The van der Waals surface area contributed by atoms with E-state index in [2.05, 4.69) is 5.32 Å². The lowest BCUT2D eigenvalue weighted by atomic mass is 10.0. The van der Waals surface area contributed by atoms with Crippen molar-refractivity contribution < 1.29 is 13.9 Å². The molecule has 4 N–H and O–H groups in total. The molecule has 2 rings (SSSR count). The van der Waals surface area contributed by atoms with Gasteiger partial charge < -0.3 is 16.2 Å². The molecule has 0 aromatic heterocycles. The molecule has 0 aliphatic carbocycles. The number of aliphatic hydroxyl groups is 1. The van der Waals surface area contributed by atoms with E-state index in [0.717, 1.165) is 11.3 Å². The number of benzene rings is 2. The quantitative estimate of drug-likeness (QED) is 0.762. The molecule has 0 radical (unpaired) electrons. The van der Waals surface area contributed by atoms with Gasteiger partial charge in [-0.2, -0.15) is 0 Å². The minimum Gasteiger partial charge on any atom is -0.390 e. The van der Waals surface area contributed by atoms with Gasteiger partial charge in [-0.3, -0.25) is 0 Å². The predicted molar refractivity (Wildman–Crippen MR) is 86.4 cm³/mol. The third kappa shape index (κ3) is 4.66. The van der Waals surface area contributed by atoms with Crippen LogP contribution >= 0.6 is 12.4 Å². The van der Waals surface area contributed by atoms with Crippen LogP contribution in [0.3, 0.4) is 0 Å². The van der Waals surface area contributed by atoms with E-state index in [-0.39, 0.29) is 12.4 Å². The summed E-state index contributed by atoms with van der Waals surface area (Å²) in [5.41, 5.74) is 7.71. The maximum absolute atomic E-state index is 13.3. The van der Waals surface area contributed by atoms with E-state index in [1.165, 1.54) is 0 Å². The molecule has 0 saturated carbocycles. The number of rotatable bonds is 6. The predicted octanol–water partition coefficient (Wildman–Crippen LogP) is 3.35. The minimum absolute atomic E-state index is 0. The average Bonchev–Trinajstić information content (AvgIpc) is 2.53. The lowest BCUT2D eigenvalue weighted by Crippen LogP contribution is -2.36. The van der Waals surface area contributed by atoms with E-state index in [1.54, 1.807) is 24.3 Å². The van der Waals surface area contributed by atoms with Gasteiger partial charge in [0.15, 0.2) is 0 Å². The van der Waals surface area contributed by atoms with Crippen LogP contribution in [0, 0.1) is 0 Å². The molecule has 0 aliphatic heterocycles. The summed E-state index contributed by atoms with van der Waals surface area (Å²) in [7, 11) is 0. The summed E-state index contributed by atoms with van der Waals surface area (Å²) in [6.45, 7) is -0.610. The van der Waals surface area contributed by atoms with Gasteiger partial charge in [0.05, 0.1) is 6.04 Å². The van der Waals surface area contributed by atoms with Gasteiger partial charge in [0.2, 0.25) is 0 Å². The third-order valence-corrected chi connectivity index (χ3v) is 3.28. The van der Waals surface area contributed by atoms with Crippen LogP contribution in [0.2, 0.25) is 0 Å². The van der Waals surface area contributed by atoms with Crippen LogP contribution in [0.25, 0.3) is 0 Å². The summed E-state index contributed by atoms with van der Waals surface area (Å²) >= 11 is 0. The van der Waals surface area contributed by atoms with Crippen LogP contribution in [0.4, 0.5) is 14.5 Å². The van der Waals surface area contributed by atoms with Crippen molar-refractivity contribution in [3.05, 3.63) is 65.7 Å². The van der Waals surface area contributed by atoms with Gasteiger partial charge in [-0.05, 0) is 23.3 Å². The Kier molecular flexibility index (Phi) is 6.74. The molecule has 1 atom stereocenters. The fourth-order valence-electron chi connectivity index (χ4n) is 1.95. The Morgan fingerprint density at radius 1 is 1.05 bits per heavy atom. The average molecular weight is 329 g/mol. The van der Waals surface area contributed by atoms with Crippen LogP contribution < -0.4 is 11.1 Å². The highest BCUT2D eigenvalue weighted by molar-refractivity contribution is 5.85. The van der Waals surface area contributed by atoms with Crippen molar-refractivity contribution in [2.75, 3.05) is 11.9 Å². The van der Waals surface area contributed by atoms with E-state index in [9.17, 15) is 8.78 Å². The molecule has 0 heterocycles. The Morgan fingerprint density at radius 2 is 1.64 bits per heavy atom. The highest BCUT2D eigenvalue weighted by atomic mass is 35.5. The van der Waals surface area contributed by atoms with Crippen LogP contribution in [0.1, 0.15) is 17.2 Å². The Balaban J connectivity index is 0.00000242. The van der Waals surface area contributed by atoms with Crippen LogP contribution in [-0.4, -0.2) is 17.6 Å². The molecule has 3 nitrogen and oxygen atoms in total. The van der Waals surface area contributed by atoms with Gasteiger partial charge in [0, 0.05) is 12.2 Å². The molecule has 0 aliphatic rings. The summed E-state index contributed by atoms with van der Waals surface area (Å²) < 4.78 is 26.6. The fourth-order valence-corrected chi connectivity index (χ4v) is 1.95. The molecule has 0 unspecified atom stereocenters. The lowest BCUT2D eigenvalue weighted by Gasteiger charge is -2.21. The smallest absolute Gasteiger partial charge is 0.289 e. The largest absolute Gasteiger partial charge is 0.390 e. The zero-order chi connectivity index (χ0) is 15.3. The highest BCUT2D eigenvalue weighted by Gasteiger charge is 2.37. The van der Waals surface area contributed by atoms with Gasteiger partial charge in [0.1, 0.15) is 6.61 Å². The third-order valence-electron chi connectivity index (χ3n) is 3.28. The van der Waals surface area contributed by atoms with E-state index >= 15 is 0 Å². The second kappa shape index (κ2) is 8.08. The van der Waals surface area contributed by atoms with Gasteiger partial charge in [-0.1, -0.05) is 42.5 Å². The number of aliphatic hydroxyl groups excluding tert-OH is 1. The number of hydrogen-bond acceptors (Lipinski definition) is 3. The zero-order valence-corrected chi connectivity index (χ0v) is 12.7. The van der Waals surface area contributed by atoms with Crippen molar-refractivity contribution in [3.8, 4) is 0 Å². The Hall–Kier alpha value is -1.69. The fraction of sp³-hybridized carbons (Fsp3) is 0.250. The number of nitrogens with two attached hydrogens (primary N) is 1.